The zero-order chi connectivity index (χ0) is 18.3. The highest BCUT2D eigenvalue weighted by Gasteiger charge is 2.62. The molecule has 0 saturated carbocycles. The molecule has 142 valence electrons. The lowest BCUT2D eigenvalue weighted by atomic mass is 9.80. The smallest absolute Gasteiger partial charge is 0.311 e. The fourth-order valence-electron chi connectivity index (χ4n) is 4.20. The van der Waals surface area contributed by atoms with E-state index in [1.807, 2.05) is 6.26 Å². The first-order chi connectivity index (χ1) is 12.5. The van der Waals surface area contributed by atoms with E-state index in [1.54, 1.807) is 0 Å². The van der Waals surface area contributed by atoms with Gasteiger partial charge in [0.1, 0.15) is 12.2 Å². The van der Waals surface area contributed by atoms with E-state index in [0.29, 0.717) is 17.6 Å². The van der Waals surface area contributed by atoms with Gasteiger partial charge in [-0.05, 0) is 45.8 Å². The first-order valence-electron chi connectivity index (χ1n) is 9.24. The molecule has 0 spiro atoms. The fourth-order valence-corrected chi connectivity index (χ4v) is 4.52. The first-order valence-corrected chi connectivity index (χ1v) is 10.5. The van der Waals surface area contributed by atoms with Gasteiger partial charge in [0, 0.05) is 12.5 Å². The molecule has 3 heterocycles. The average molecular weight is 378 g/mol. The van der Waals surface area contributed by atoms with Crippen molar-refractivity contribution >= 4 is 23.7 Å². The summed E-state index contributed by atoms with van der Waals surface area (Å²) < 4.78 is 11.8. The maximum Gasteiger partial charge on any atom is 0.311 e. The number of carbonyl (C=O) groups excluding carboxylic acids is 1. The maximum absolute atomic E-state index is 12.6. The zero-order valence-corrected chi connectivity index (χ0v) is 16.3. The molecule has 2 saturated heterocycles. The van der Waals surface area contributed by atoms with Crippen molar-refractivity contribution in [3.63, 3.8) is 0 Å². The number of ether oxygens (including phenoxy) is 2. The molecule has 5 atom stereocenters. The topological polar surface area (TPSA) is 92.4 Å². The molecule has 1 aromatic heterocycles. The van der Waals surface area contributed by atoms with Gasteiger partial charge in [-0.15, -0.1) is 5.10 Å². The lowest BCUT2D eigenvalue weighted by molar-refractivity contribution is -0.144. The number of nitrogens with one attached hydrogen (secondary N) is 2. The Morgan fingerprint density at radius 3 is 3.12 bits per heavy atom. The van der Waals surface area contributed by atoms with Crippen LogP contribution in [0.25, 0.3) is 0 Å². The Hall–Kier alpha value is -1.54. The average Bonchev–Trinajstić information content (AvgIpc) is 2.94. The van der Waals surface area contributed by atoms with Crippen molar-refractivity contribution in [3.05, 3.63) is 11.6 Å². The third-order valence-electron chi connectivity index (χ3n) is 5.88. The highest BCUT2D eigenvalue weighted by atomic mass is 32.2. The number of epoxide rings is 1. The molecule has 4 rings (SSSR count). The monoisotopic (exact) mass is 378 g/mol. The summed E-state index contributed by atoms with van der Waals surface area (Å²) >= 11 is 1.47. The third-order valence-corrected chi connectivity index (χ3v) is 6.42. The quantitative estimate of drug-likeness (QED) is 0.360. The number of aromatic nitrogens is 3. The van der Waals surface area contributed by atoms with Crippen molar-refractivity contribution in [1.82, 2.24) is 15.2 Å². The summed E-state index contributed by atoms with van der Waals surface area (Å²) in [5, 5.41) is 10.8. The van der Waals surface area contributed by atoms with Crippen LogP contribution in [0.3, 0.4) is 0 Å². The molecule has 1 aliphatic carbocycles. The van der Waals surface area contributed by atoms with Crippen molar-refractivity contribution in [2.75, 3.05) is 18.1 Å². The predicted octanol–water partition coefficient (Wildman–Crippen LogP) is 2.77. The number of esters is 1. The lowest BCUT2D eigenvalue weighted by Crippen LogP contribution is -2.32. The van der Waals surface area contributed by atoms with Gasteiger partial charge in [-0.1, -0.05) is 23.4 Å². The third kappa shape index (κ3) is 3.36. The number of rotatable bonds is 4. The van der Waals surface area contributed by atoms with Crippen molar-refractivity contribution in [2.45, 2.75) is 62.5 Å². The van der Waals surface area contributed by atoms with E-state index < -0.39 is 0 Å². The van der Waals surface area contributed by atoms with E-state index in [4.69, 9.17) is 9.47 Å². The Bertz CT molecular complexity index is 721. The van der Waals surface area contributed by atoms with Crippen LogP contribution >= 0.6 is 11.8 Å². The summed E-state index contributed by atoms with van der Waals surface area (Å²) in [6.45, 7) is 4.81. The molecule has 26 heavy (non-hydrogen) atoms. The number of hydrogen-bond donors (Lipinski definition) is 2. The van der Waals surface area contributed by atoms with E-state index in [9.17, 15) is 4.79 Å². The number of nitrogens with zero attached hydrogens (tertiary/aromatic N) is 2. The minimum atomic E-state index is -0.191. The predicted molar refractivity (Wildman–Crippen MR) is 99.0 cm³/mol. The largest absolute Gasteiger partial charge is 0.459 e. The first kappa shape index (κ1) is 17.9. The standard InChI is InChI=1S/C18H26N4O3S/c1-10-5-4-8-18(2)14(25-18)13-11(7-6-10)12(15(23)24-13)9-19-16-20-17(26-3)22-21-16/h5,11-14H,4,6-9H2,1-3H3,(H2,19,20,21,22)/t11-,12-,13-,14+,18+/m0/s1. The van der Waals surface area contributed by atoms with Crippen LogP contribution in [0.15, 0.2) is 16.8 Å². The fraction of sp³-hybridized carbons (Fsp3) is 0.722. The molecular weight excluding hydrogens is 352 g/mol. The summed E-state index contributed by atoms with van der Waals surface area (Å²) in [4.78, 5) is 16.9. The molecule has 8 heteroatoms. The minimum Gasteiger partial charge on any atom is -0.459 e. The van der Waals surface area contributed by atoms with E-state index in [2.05, 4.69) is 40.4 Å². The number of fused-ring (bicyclic) bond motifs is 3. The number of H-pyrrole nitrogens is 1. The Balaban J connectivity index is 1.49. The molecule has 0 radical (unpaired) electrons. The molecule has 0 amide bonds. The van der Waals surface area contributed by atoms with E-state index in [0.717, 1.165) is 25.7 Å². The number of hydrogen-bond acceptors (Lipinski definition) is 7. The Labute approximate surface area is 157 Å². The highest BCUT2D eigenvalue weighted by Crippen LogP contribution is 2.50. The van der Waals surface area contributed by atoms with Crippen LogP contribution in [-0.2, 0) is 14.3 Å². The summed E-state index contributed by atoms with van der Waals surface area (Å²) in [6.07, 6.45) is 8.07. The SMILES string of the molecule is CSc1n[nH]c(NC[C@@H]2C(=O)O[C@H]3[C@H]2CCC(C)=CCC[C@@]2(C)O[C@H]32)n1. The number of carbonyl (C=O) groups is 1. The van der Waals surface area contributed by atoms with Gasteiger partial charge in [0.2, 0.25) is 11.1 Å². The van der Waals surface area contributed by atoms with Crippen LogP contribution in [0.1, 0.15) is 39.5 Å². The molecule has 2 N–H and O–H groups in total. The second-order valence-corrected chi connectivity index (χ2v) is 8.48. The van der Waals surface area contributed by atoms with Crippen molar-refractivity contribution in [2.24, 2.45) is 11.8 Å². The van der Waals surface area contributed by atoms with Crippen LogP contribution < -0.4 is 5.32 Å². The Morgan fingerprint density at radius 2 is 2.35 bits per heavy atom. The summed E-state index contributed by atoms with van der Waals surface area (Å²) in [5.41, 5.74) is 1.23. The summed E-state index contributed by atoms with van der Waals surface area (Å²) in [6, 6.07) is 0. The van der Waals surface area contributed by atoms with Gasteiger partial charge in [-0.3, -0.25) is 4.79 Å². The molecule has 1 aromatic rings. The van der Waals surface area contributed by atoms with Crippen molar-refractivity contribution < 1.29 is 14.3 Å². The highest BCUT2D eigenvalue weighted by molar-refractivity contribution is 7.98. The number of allylic oxidation sites excluding steroid dienone is 2. The van der Waals surface area contributed by atoms with Crippen LogP contribution in [0.4, 0.5) is 5.95 Å². The van der Waals surface area contributed by atoms with Gasteiger partial charge in [0.05, 0.1) is 11.5 Å². The van der Waals surface area contributed by atoms with Crippen LogP contribution in [0.5, 0.6) is 0 Å². The Kier molecular flexibility index (Phi) is 4.73. The molecule has 7 nitrogen and oxygen atoms in total. The molecular formula is C18H26N4O3S. The number of anilines is 1. The second-order valence-electron chi connectivity index (χ2n) is 7.70. The summed E-state index contributed by atoms with van der Waals surface area (Å²) in [7, 11) is 0. The van der Waals surface area contributed by atoms with Crippen LogP contribution in [-0.4, -0.2) is 51.8 Å². The molecule has 2 fully saturated rings. The van der Waals surface area contributed by atoms with Gasteiger partial charge >= 0.3 is 5.97 Å². The van der Waals surface area contributed by atoms with Gasteiger partial charge in [-0.25, -0.2) is 5.10 Å². The molecule has 0 unspecified atom stereocenters. The van der Waals surface area contributed by atoms with Gasteiger partial charge in [0.15, 0.2) is 0 Å². The van der Waals surface area contributed by atoms with E-state index >= 15 is 0 Å². The van der Waals surface area contributed by atoms with E-state index in [-0.39, 0.29) is 35.6 Å². The second kappa shape index (κ2) is 6.88. The van der Waals surface area contributed by atoms with Crippen molar-refractivity contribution in [1.29, 1.82) is 0 Å². The van der Waals surface area contributed by atoms with Gasteiger partial charge in [-0.2, -0.15) is 4.98 Å². The zero-order valence-electron chi connectivity index (χ0n) is 15.4. The number of aromatic amines is 1. The van der Waals surface area contributed by atoms with E-state index in [1.165, 1.54) is 17.3 Å². The molecule has 3 aliphatic rings. The lowest BCUT2D eigenvalue weighted by Gasteiger charge is -2.22. The molecule has 2 aliphatic heterocycles. The normalized spacial score (nSPS) is 36.6. The Morgan fingerprint density at radius 1 is 1.50 bits per heavy atom. The van der Waals surface area contributed by atoms with Crippen molar-refractivity contribution in [3.8, 4) is 0 Å². The summed E-state index contributed by atoms with van der Waals surface area (Å²) in [5.74, 6) is 0.430. The number of thioether (sulfide) groups is 1. The maximum atomic E-state index is 12.6. The van der Waals surface area contributed by atoms with Crippen LogP contribution in [0.2, 0.25) is 0 Å². The molecule has 0 bridgehead atoms. The molecule has 0 aromatic carbocycles. The van der Waals surface area contributed by atoms with Gasteiger partial charge < -0.3 is 14.8 Å². The minimum absolute atomic E-state index is 0.0293. The van der Waals surface area contributed by atoms with Crippen LogP contribution in [0, 0.1) is 11.8 Å². The van der Waals surface area contributed by atoms with Gasteiger partial charge in [0.25, 0.3) is 0 Å².